The van der Waals surface area contributed by atoms with Gasteiger partial charge in [0.1, 0.15) is 0 Å². The van der Waals surface area contributed by atoms with Gasteiger partial charge in [0.15, 0.2) is 11.5 Å². The lowest BCUT2D eigenvalue weighted by atomic mass is 10.2. The van der Waals surface area contributed by atoms with Gasteiger partial charge in [-0.05, 0) is 29.8 Å². The number of pyridine rings is 1. The Balaban J connectivity index is 1.56. The molecule has 1 aromatic heterocycles. The summed E-state index contributed by atoms with van der Waals surface area (Å²) >= 11 is 0. The smallest absolute Gasteiger partial charge is 0.231 e. The van der Waals surface area contributed by atoms with Crippen molar-refractivity contribution in [2.24, 2.45) is 0 Å². The van der Waals surface area contributed by atoms with Gasteiger partial charge in [-0.1, -0.05) is 12.1 Å². The third kappa shape index (κ3) is 5.41. The topological polar surface area (TPSA) is 97.8 Å². The number of carbonyl (C=O) groups is 1. The fraction of sp³-hybridized carbons (Fsp3) is 0.333. The van der Waals surface area contributed by atoms with Crippen molar-refractivity contribution in [2.45, 2.75) is 19.5 Å². The first kappa shape index (κ1) is 19.1. The third-order valence-electron chi connectivity index (χ3n) is 4.05. The fourth-order valence-corrected chi connectivity index (χ4v) is 3.42. The van der Waals surface area contributed by atoms with E-state index < -0.39 is 10.0 Å². The molecule has 27 heavy (non-hydrogen) atoms. The van der Waals surface area contributed by atoms with E-state index in [2.05, 4.69) is 10.3 Å². The van der Waals surface area contributed by atoms with E-state index in [0.29, 0.717) is 18.0 Å². The minimum atomic E-state index is -3.47. The summed E-state index contributed by atoms with van der Waals surface area (Å²) in [4.78, 5) is 16.2. The zero-order chi connectivity index (χ0) is 19.3. The Morgan fingerprint density at radius 1 is 1.22 bits per heavy atom. The van der Waals surface area contributed by atoms with Gasteiger partial charge < -0.3 is 14.8 Å². The first-order valence-electron chi connectivity index (χ1n) is 8.42. The summed E-state index contributed by atoms with van der Waals surface area (Å²) in [5.74, 6) is 0.993. The first-order valence-corrected chi connectivity index (χ1v) is 10.3. The molecule has 0 spiro atoms. The number of nitrogens with zero attached hydrogens (tertiary/aromatic N) is 2. The molecular formula is C18H21N3O5S. The van der Waals surface area contributed by atoms with Crippen molar-refractivity contribution < 1.29 is 22.7 Å². The van der Waals surface area contributed by atoms with Crippen molar-refractivity contribution in [1.82, 2.24) is 14.6 Å². The average Bonchev–Trinajstić information content (AvgIpc) is 3.11. The van der Waals surface area contributed by atoms with Crippen molar-refractivity contribution in [3.8, 4) is 11.5 Å². The van der Waals surface area contributed by atoms with Crippen LogP contribution in [0.2, 0.25) is 0 Å². The van der Waals surface area contributed by atoms with Crippen LogP contribution < -0.4 is 14.8 Å². The van der Waals surface area contributed by atoms with Crippen molar-refractivity contribution in [3.63, 3.8) is 0 Å². The number of rotatable bonds is 8. The number of sulfonamides is 1. The van der Waals surface area contributed by atoms with Crippen LogP contribution in [0.5, 0.6) is 11.5 Å². The van der Waals surface area contributed by atoms with E-state index in [0.717, 1.165) is 17.5 Å². The zero-order valence-electron chi connectivity index (χ0n) is 14.9. The number of amides is 1. The van der Waals surface area contributed by atoms with Gasteiger partial charge in [-0.2, -0.15) is 4.31 Å². The van der Waals surface area contributed by atoms with Crippen molar-refractivity contribution >= 4 is 15.9 Å². The van der Waals surface area contributed by atoms with Gasteiger partial charge in [0.25, 0.3) is 0 Å². The monoisotopic (exact) mass is 391 g/mol. The van der Waals surface area contributed by atoms with E-state index in [1.54, 1.807) is 30.5 Å². The van der Waals surface area contributed by atoms with Crippen molar-refractivity contribution in [3.05, 3.63) is 53.9 Å². The highest BCUT2D eigenvalue weighted by Gasteiger charge is 2.20. The molecule has 1 aromatic carbocycles. The minimum absolute atomic E-state index is 0.0600. The molecule has 3 rings (SSSR count). The second-order valence-electron chi connectivity index (χ2n) is 6.13. The summed E-state index contributed by atoms with van der Waals surface area (Å²) in [5, 5.41) is 2.74. The Bertz CT molecular complexity index is 902. The SMILES string of the molecule is CS(=O)(=O)N(CCC(=O)NCc1ccccn1)Cc1ccc2c(c1)OCO2. The van der Waals surface area contributed by atoms with E-state index in [-0.39, 0.29) is 32.2 Å². The highest BCUT2D eigenvalue weighted by molar-refractivity contribution is 7.88. The molecule has 0 atom stereocenters. The van der Waals surface area contributed by atoms with E-state index >= 15 is 0 Å². The third-order valence-corrected chi connectivity index (χ3v) is 5.30. The summed E-state index contributed by atoms with van der Waals surface area (Å²) in [7, 11) is -3.47. The molecule has 1 aliphatic rings. The minimum Gasteiger partial charge on any atom is -0.454 e. The first-order chi connectivity index (χ1) is 12.9. The number of aromatic nitrogens is 1. The Morgan fingerprint density at radius 2 is 2.04 bits per heavy atom. The molecule has 1 amide bonds. The lowest BCUT2D eigenvalue weighted by molar-refractivity contribution is -0.121. The van der Waals surface area contributed by atoms with Crippen LogP contribution in [0.3, 0.4) is 0 Å². The maximum Gasteiger partial charge on any atom is 0.231 e. The number of nitrogens with one attached hydrogen (secondary N) is 1. The van der Waals surface area contributed by atoms with E-state index in [1.807, 2.05) is 12.1 Å². The van der Waals surface area contributed by atoms with Crippen LogP contribution in [-0.2, 0) is 27.9 Å². The summed E-state index contributed by atoms with van der Waals surface area (Å²) in [6.07, 6.45) is 2.84. The molecule has 144 valence electrons. The summed E-state index contributed by atoms with van der Waals surface area (Å²) in [5.41, 5.74) is 1.50. The van der Waals surface area contributed by atoms with Crippen molar-refractivity contribution in [2.75, 3.05) is 19.6 Å². The van der Waals surface area contributed by atoms with Crippen molar-refractivity contribution in [1.29, 1.82) is 0 Å². The van der Waals surface area contributed by atoms with Gasteiger partial charge in [0, 0.05) is 25.7 Å². The molecule has 2 heterocycles. The zero-order valence-corrected chi connectivity index (χ0v) is 15.7. The predicted molar refractivity (Wildman–Crippen MR) is 98.5 cm³/mol. The van der Waals surface area contributed by atoms with Gasteiger partial charge in [-0.3, -0.25) is 9.78 Å². The quantitative estimate of drug-likeness (QED) is 0.728. The standard InChI is InChI=1S/C18H21N3O5S/c1-27(23,24)21(12-14-5-6-16-17(10-14)26-13-25-16)9-7-18(22)20-11-15-4-2-3-8-19-15/h2-6,8,10H,7,9,11-13H2,1H3,(H,20,22). The van der Waals surface area contributed by atoms with E-state index in [9.17, 15) is 13.2 Å². The fourth-order valence-electron chi connectivity index (χ4n) is 2.61. The summed E-state index contributed by atoms with van der Waals surface area (Å²) < 4.78 is 36.0. The number of ether oxygens (including phenoxy) is 2. The molecule has 0 aliphatic carbocycles. The molecule has 0 radical (unpaired) electrons. The van der Waals surface area contributed by atoms with Gasteiger partial charge in [-0.25, -0.2) is 8.42 Å². The van der Waals surface area contributed by atoms with E-state index in [1.165, 1.54) is 4.31 Å². The molecule has 8 nitrogen and oxygen atoms in total. The van der Waals surface area contributed by atoms with Crippen LogP contribution in [0.15, 0.2) is 42.6 Å². The maximum atomic E-state index is 12.1. The Morgan fingerprint density at radius 3 is 2.78 bits per heavy atom. The second kappa shape index (κ2) is 8.36. The molecule has 1 aliphatic heterocycles. The lowest BCUT2D eigenvalue weighted by Gasteiger charge is -2.20. The van der Waals surface area contributed by atoms with Crippen LogP contribution in [0.4, 0.5) is 0 Å². The van der Waals surface area contributed by atoms with E-state index in [4.69, 9.17) is 9.47 Å². The molecule has 1 N–H and O–H groups in total. The molecular weight excluding hydrogens is 370 g/mol. The van der Waals surface area contributed by atoms with Gasteiger partial charge in [-0.15, -0.1) is 0 Å². The Labute approximate surface area is 158 Å². The number of carbonyl (C=O) groups excluding carboxylic acids is 1. The van der Waals surface area contributed by atoms with Gasteiger partial charge in [0.05, 0.1) is 18.5 Å². The van der Waals surface area contributed by atoms with Gasteiger partial charge in [0.2, 0.25) is 22.7 Å². The van der Waals surface area contributed by atoms with Crippen LogP contribution in [0.1, 0.15) is 17.7 Å². The predicted octanol–water partition coefficient (Wildman–Crippen LogP) is 1.28. The van der Waals surface area contributed by atoms with Gasteiger partial charge >= 0.3 is 0 Å². The Hall–Kier alpha value is -2.65. The summed E-state index contributed by atoms with van der Waals surface area (Å²) in [6.45, 7) is 0.704. The molecule has 0 fully saturated rings. The molecule has 9 heteroatoms. The Kier molecular flexibility index (Phi) is 5.92. The second-order valence-corrected chi connectivity index (χ2v) is 8.11. The van der Waals surface area contributed by atoms with Crippen LogP contribution in [0, 0.1) is 0 Å². The molecule has 0 saturated heterocycles. The lowest BCUT2D eigenvalue weighted by Crippen LogP contribution is -2.34. The molecule has 0 bridgehead atoms. The van der Waals surface area contributed by atoms with Crippen LogP contribution in [0.25, 0.3) is 0 Å². The largest absolute Gasteiger partial charge is 0.454 e. The average molecular weight is 391 g/mol. The maximum absolute atomic E-state index is 12.1. The van der Waals surface area contributed by atoms with Crippen LogP contribution in [-0.4, -0.2) is 43.2 Å². The molecule has 2 aromatic rings. The number of hydrogen-bond donors (Lipinski definition) is 1. The highest BCUT2D eigenvalue weighted by atomic mass is 32.2. The summed E-state index contributed by atoms with van der Waals surface area (Å²) in [6, 6.07) is 10.7. The molecule has 0 saturated carbocycles. The normalized spacial score (nSPS) is 13.0. The number of fused-ring (bicyclic) bond motifs is 1. The number of benzene rings is 1. The highest BCUT2D eigenvalue weighted by Crippen LogP contribution is 2.32. The number of hydrogen-bond acceptors (Lipinski definition) is 6. The molecule has 0 unspecified atom stereocenters. The van der Waals surface area contributed by atoms with Crippen LogP contribution >= 0.6 is 0 Å².